The van der Waals surface area contributed by atoms with Gasteiger partial charge in [0, 0.05) is 35.5 Å². The van der Waals surface area contributed by atoms with Gasteiger partial charge in [-0.25, -0.2) is 0 Å². The van der Waals surface area contributed by atoms with Crippen LogP contribution in [-0.2, 0) is 13.1 Å². The maximum atomic E-state index is 6.10. The number of aryl methyl sites for hydroxylation is 3. The number of ether oxygens (including phenoxy) is 2. The number of hydrogen-bond acceptors (Lipinski definition) is 4. The normalized spacial score (nSPS) is 16.2. The lowest BCUT2D eigenvalue weighted by Crippen LogP contribution is -2.31. The van der Waals surface area contributed by atoms with Crippen LogP contribution in [0.5, 0.6) is 11.5 Å². The number of nitrogens with zero attached hydrogens (tertiary/aromatic N) is 2. The zero-order valence-corrected chi connectivity index (χ0v) is 25.1. The molecule has 0 unspecified atom stereocenters. The standard InChI is InChI=1S/C36H44N2O2/c1-8-30(14-12-15-33(10-3)38-22-32-19-27(5)28(6)20-36(32)40-25-38)21-31(9-2)18-17-29(7)37-23-34-26(4)13-11-16-35(34)39-24-37/h8-14,16-20H,7,15,21-25H2,1-6H3/b14-12-,18-17-,30-8+,31-9+,33-10+. The Balaban J connectivity index is 1.32. The van der Waals surface area contributed by atoms with Gasteiger partial charge in [0.05, 0.1) is 6.54 Å². The van der Waals surface area contributed by atoms with Gasteiger partial charge in [-0.1, -0.05) is 61.2 Å². The van der Waals surface area contributed by atoms with E-state index in [9.17, 15) is 0 Å². The first-order chi connectivity index (χ1) is 19.3. The molecule has 0 saturated heterocycles. The highest BCUT2D eigenvalue weighted by molar-refractivity contribution is 5.43. The Morgan fingerprint density at radius 3 is 2.25 bits per heavy atom. The molecule has 2 heterocycles. The topological polar surface area (TPSA) is 24.9 Å². The van der Waals surface area contributed by atoms with Gasteiger partial charge in [-0.05, 0) is 94.0 Å². The molecule has 0 bridgehead atoms. The van der Waals surface area contributed by atoms with E-state index in [-0.39, 0.29) is 0 Å². The van der Waals surface area contributed by atoms with Crippen molar-refractivity contribution >= 4 is 0 Å². The average Bonchev–Trinajstić information content (AvgIpc) is 2.96. The van der Waals surface area contributed by atoms with Crippen LogP contribution in [0.4, 0.5) is 0 Å². The molecule has 4 heteroatoms. The molecular formula is C36H44N2O2. The Morgan fingerprint density at radius 1 is 0.800 bits per heavy atom. The van der Waals surface area contributed by atoms with Gasteiger partial charge in [0.25, 0.3) is 0 Å². The summed E-state index contributed by atoms with van der Waals surface area (Å²) >= 11 is 0. The van der Waals surface area contributed by atoms with Gasteiger partial charge in [0.1, 0.15) is 11.5 Å². The quantitative estimate of drug-likeness (QED) is 0.299. The van der Waals surface area contributed by atoms with Crippen molar-refractivity contribution in [3.63, 3.8) is 0 Å². The molecular weight excluding hydrogens is 492 g/mol. The summed E-state index contributed by atoms with van der Waals surface area (Å²) in [6, 6.07) is 10.7. The molecule has 0 atom stereocenters. The van der Waals surface area contributed by atoms with Gasteiger partial charge in [-0.2, -0.15) is 0 Å². The summed E-state index contributed by atoms with van der Waals surface area (Å²) in [6.45, 7) is 19.9. The second-order valence-corrected chi connectivity index (χ2v) is 10.7. The number of benzene rings is 2. The third-order valence-corrected chi connectivity index (χ3v) is 7.95. The molecule has 0 N–H and O–H groups in total. The van der Waals surface area contributed by atoms with Gasteiger partial charge in [0.15, 0.2) is 13.5 Å². The number of fused-ring (bicyclic) bond motifs is 2. The van der Waals surface area contributed by atoms with Gasteiger partial charge in [-0.15, -0.1) is 0 Å². The zero-order valence-electron chi connectivity index (χ0n) is 25.1. The van der Waals surface area contributed by atoms with Crippen LogP contribution in [-0.4, -0.2) is 23.3 Å². The Morgan fingerprint density at radius 2 is 1.50 bits per heavy atom. The van der Waals surface area contributed by atoms with Gasteiger partial charge >= 0.3 is 0 Å². The van der Waals surface area contributed by atoms with E-state index >= 15 is 0 Å². The Kier molecular flexibility index (Phi) is 9.76. The highest BCUT2D eigenvalue weighted by atomic mass is 16.5. The van der Waals surface area contributed by atoms with Gasteiger partial charge in [0.2, 0.25) is 0 Å². The maximum Gasteiger partial charge on any atom is 0.161 e. The average molecular weight is 537 g/mol. The molecule has 0 aliphatic carbocycles. The monoisotopic (exact) mass is 536 g/mol. The summed E-state index contributed by atoms with van der Waals surface area (Å²) in [6.07, 6.45) is 17.1. The predicted octanol–water partition coefficient (Wildman–Crippen LogP) is 8.82. The first-order valence-corrected chi connectivity index (χ1v) is 14.3. The molecule has 2 aromatic rings. The van der Waals surface area contributed by atoms with Crippen LogP contribution in [0.3, 0.4) is 0 Å². The minimum absolute atomic E-state index is 0.522. The van der Waals surface area contributed by atoms with E-state index in [4.69, 9.17) is 9.47 Å². The lowest BCUT2D eigenvalue weighted by atomic mass is 10.0. The third-order valence-electron chi connectivity index (χ3n) is 7.95. The SMILES string of the molecule is C=C(/C=C\C(=C/C)CC(/C=C\C/C(=C\C)N1COc2cc(C)c(C)cc2C1)=C/C)N1COc2cccc(C)c2C1. The summed E-state index contributed by atoms with van der Waals surface area (Å²) in [5.74, 6) is 2.00. The molecule has 210 valence electrons. The van der Waals surface area contributed by atoms with Crippen molar-refractivity contribution in [2.75, 3.05) is 13.5 Å². The predicted molar refractivity (Wildman–Crippen MR) is 167 cm³/mol. The van der Waals surface area contributed by atoms with E-state index in [0.717, 1.165) is 43.1 Å². The van der Waals surface area contributed by atoms with E-state index in [1.807, 2.05) is 12.1 Å². The van der Waals surface area contributed by atoms with Crippen LogP contribution in [0.15, 0.2) is 102 Å². The molecule has 0 saturated carbocycles. The summed E-state index contributed by atoms with van der Waals surface area (Å²) in [5.41, 5.74) is 11.1. The largest absolute Gasteiger partial charge is 0.473 e. The highest BCUT2D eigenvalue weighted by Crippen LogP contribution is 2.31. The summed E-state index contributed by atoms with van der Waals surface area (Å²) in [5, 5.41) is 0. The molecule has 2 aliphatic rings. The van der Waals surface area contributed by atoms with Crippen molar-refractivity contribution in [3.8, 4) is 11.5 Å². The minimum atomic E-state index is 0.522. The Hall–Kier alpha value is -3.92. The fourth-order valence-electron chi connectivity index (χ4n) is 5.09. The fraction of sp³-hybridized carbons (Fsp3) is 0.333. The van der Waals surface area contributed by atoms with Crippen molar-refractivity contribution in [3.05, 3.63) is 130 Å². The third kappa shape index (κ3) is 6.98. The highest BCUT2D eigenvalue weighted by Gasteiger charge is 2.20. The van der Waals surface area contributed by atoms with Crippen molar-refractivity contribution in [2.45, 2.75) is 67.5 Å². The molecule has 2 aromatic carbocycles. The van der Waals surface area contributed by atoms with Crippen LogP contribution >= 0.6 is 0 Å². The number of allylic oxidation sites excluding steroid dienone is 9. The number of hydrogen-bond donors (Lipinski definition) is 0. The van der Waals surface area contributed by atoms with Crippen LogP contribution in [0.25, 0.3) is 0 Å². The van der Waals surface area contributed by atoms with E-state index < -0.39 is 0 Å². The Labute approximate surface area is 241 Å². The summed E-state index contributed by atoms with van der Waals surface area (Å²) in [7, 11) is 0. The number of rotatable bonds is 9. The maximum absolute atomic E-state index is 6.10. The van der Waals surface area contributed by atoms with Crippen LogP contribution in [0.2, 0.25) is 0 Å². The van der Waals surface area contributed by atoms with Gasteiger partial charge < -0.3 is 19.3 Å². The molecule has 4 nitrogen and oxygen atoms in total. The van der Waals surface area contributed by atoms with Gasteiger partial charge in [-0.3, -0.25) is 0 Å². The summed E-state index contributed by atoms with van der Waals surface area (Å²) < 4.78 is 12.1. The van der Waals surface area contributed by atoms with E-state index in [1.165, 1.54) is 44.7 Å². The first kappa shape index (κ1) is 29.1. The van der Waals surface area contributed by atoms with Crippen molar-refractivity contribution < 1.29 is 9.47 Å². The molecule has 0 amide bonds. The smallest absolute Gasteiger partial charge is 0.161 e. The van der Waals surface area contributed by atoms with E-state index in [1.54, 1.807) is 0 Å². The second-order valence-electron chi connectivity index (χ2n) is 10.7. The van der Waals surface area contributed by atoms with E-state index in [2.05, 4.69) is 119 Å². The van der Waals surface area contributed by atoms with E-state index in [0.29, 0.717) is 13.5 Å². The molecule has 0 radical (unpaired) electrons. The lowest BCUT2D eigenvalue weighted by Gasteiger charge is -2.32. The molecule has 2 aliphatic heterocycles. The lowest BCUT2D eigenvalue weighted by molar-refractivity contribution is 0.125. The molecule has 0 spiro atoms. The minimum Gasteiger partial charge on any atom is -0.473 e. The Bertz CT molecular complexity index is 1390. The van der Waals surface area contributed by atoms with Crippen molar-refractivity contribution in [2.24, 2.45) is 0 Å². The van der Waals surface area contributed by atoms with Crippen LogP contribution < -0.4 is 9.47 Å². The zero-order chi connectivity index (χ0) is 28.6. The first-order valence-electron chi connectivity index (χ1n) is 14.3. The van der Waals surface area contributed by atoms with Crippen LogP contribution in [0.1, 0.15) is 61.4 Å². The molecule has 0 fully saturated rings. The summed E-state index contributed by atoms with van der Waals surface area (Å²) in [4.78, 5) is 4.51. The fourth-order valence-corrected chi connectivity index (χ4v) is 5.09. The van der Waals surface area contributed by atoms with Crippen molar-refractivity contribution in [1.82, 2.24) is 9.80 Å². The molecule has 40 heavy (non-hydrogen) atoms. The molecule has 4 rings (SSSR count). The van der Waals surface area contributed by atoms with Crippen LogP contribution in [0, 0.1) is 20.8 Å². The molecule has 0 aromatic heterocycles. The van der Waals surface area contributed by atoms with Crippen molar-refractivity contribution in [1.29, 1.82) is 0 Å². The second kappa shape index (κ2) is 13.4.